The van der Waals surface area contributed by atoms with Crippen LogP contribution >= 0.6 is 0 Å². The van der Waals surface area contributed by atoms with Gasteiger partial charge in [0.1, 0.15) is 16.5 Å². The van der Waals surface area contributed by atoms with E-state index in [4.69, 9.17) is 9.72 Å². The highest BCUT2D eigenvalue weighted by Gasteiger charge is 2.40. The Morgan fingerprint density at radius 2 is 1.94 bits per heavy atom. The van der Waals surface area contributed by atoms with E-state index in [0.717, 1.165) is 35.9 Å². The lowest BCUT2D eigenvalue weighted by molar-refractivity contribution is -0.145. The van der Waals surface area contributed by atoms with Gasteiger partial charge in [0.2, 0.25) is 15.8 Å². The monoisotopic (exact) mass is 675 g/mol. The molecule has 1 saturated heterocycles. The van der Waals surface area contributed by atoms with Gasteiger partial charge in [-0.2, -0.15) is 17.5 Å². The van der Waals surface area contributed by atoms with Crippen LogP contribution in [0, 0.1) is 19.7 Å². The fourth-order valence-corrected chi connectivity index (χ4v) is 8.05. The SMILES string of the molecule is CCOC(=O)CC(c1ccc(C)c(CN2C[C@@H]3CCCCN3c3ncc(F)cc3S2(=O)=O)n1)c1ccn2c(C(F)(F)F)nnc2c1C. The molecule has 1 unspecified atom stereocenters. The number of halogens is 4. The average Bonchev–Trinajstić information content (AvgIpc) is 3.44. The third kappa shape index (κ3) is 6.15. The van der Waals surface area contributed by atoms with Gasteiger partial charge in [0, 0.05) is 36.9 Å². The van der Waals surface area contributed by atoms with Crippen LogP contribution in [0.3, 0.4) is 0 Å². The second-order valence-corrected chi connectivity index (χ2v) is 13.7. The van der Waals surface area contributed by atoms with Crippen LogP contribution < -0.4 is 4.90 Å². The van der Waals surface area contributed by atoms with Gasteiger partial charge < -0.3 is 9.64 Å². The first-order chi connectivity index (χ1) is 22.3. The zero-order valence-electron chi connectivity index (χ0n) is 26.0. The number of pyridine rings is 3. The Bertz CT molecular complexity index is 1950. The number of aryl methyl sites for hydroxylation is 2. The molecule has 2 aliphatic heterocycles. The molecule has 0 bridgehead atoms. The van der Waals surface area contributed by atoms with Gasteiger partial charge in [0.25, 0.3) is 0 Å². The van der Waals surface area contributed by atoms with Crippen molar-refractivity contribution in [2.45, 2.75) is 76.0 Å². The van der Waals surface area contributed by atoms with E-state index in [1.165, 1.54) is 16.6 Å². The van der Waals surface area contributed by atoms with Crippen molar-refractivity contribution in [1.82, 2.24) is 28.9 Å². The summed E-state index contributed by atoms with van der Waals surface area (Å²) in [6.45, 7) is 5.77. The van der Waals surface area contributed by atoms with Crippen LogP contribution in [-0.4, -0.2) is 69.0 Å². The van der Waals surface area contributed by atoms with Gasteiger partial charge in [0.05, 0.1) is 31.5 Å². The Morgan fingerprint density at radius 1 is 1.15 bits per heavy atom. The maximum Gasteiger partial charge on any atom is 0.452 e. The third-order valence-electron chi connectivity index (χ3n) is 8.81. The lowest BCUT2D eigenvalue weighted by atomic mass is 9.89. The zero-order valence-corrected chi connectivity index (χ0v) is 26.8. The fraction of sp³-hybridized carbons (Fsp3) is 0.452. The molecule has 0 N–H and O–H groups in total. The first-order valence-corrected chi connectivity index (χ1v) is 16.7. The van der Waals surface area contributed by atoms with Crippen molar-refractivity contribution in [1.29, 1.82) is 0 Å². The summed E-state index contributed by atoms with van der Waals surface area (Å²) in [5, 5.41) is 7.12. The Balaban J connectivity index is 1.41. The van der Waals surface area contributed by atoms with Crippen molar-refractivity contribution in [3.63, 3.8) is 0 Å². The molecule has 2 aliphatic rings. The molecule has 0 saturated carbocycles. The number of sulfonamides is 1. The number of carbonyl (C=O) groups is 1. The van der Waals surface area contributed by atoms with Crippen LogP contribution in [0.5, 0.6) is 0 Å². The molecule has 11 nitrogen and oxygen atoms in total. The second-order valence-electron chi connectivity index (χ2n) is 11.8. The van der Waals surface area contributed by atoms with E-state index in [2.05, 4.69) is 15.2 Å². The summed E-state index contributed by atoms with van der Waals surface area (Å²) >= 11 is 0. The minimum absolute atomic E-state index is 0.0248. The minimum Gasteiger partial charge on any atom is -0.466 e. The van der Waals surface area contributed by atoms with Gasteiger partial charge in [0.15, 0.2) is 5.65 Å². The highest BCUT2D eigenvalue weighted by atomic mass is 32.2. The number of nitrogens with zero attached hydrogens (tertiary/aromatic N) is 7. The average molecular weight is 676 g/mol. The molecule has 0 amide bonds. The number of anilines is 1. The number of alkyl halides is 3. The topological polar surface area (TPSA) is 123 Å². The molecule has 1 fully saturated rings. The summed E-state index contributed by atoms with van der Waals surface area (Å²) in [6, 6.07) is 5.76. The van der Waals surface area contributed by atoms with Crippen LogP contribution in [-0.2, 0) is 32.3 Å². The summed E-state index contributed by atoms with van der Waals surface area (Å²) in [6.07, 6.45) is -0.173. The Hall–Kier alpha value is -4.18. The number of aromatic nitrogens is 5. The van der Waals surface area contributed by atoms with Crippen LogP contribution in [0.1, 0.15) is 72.4 Å². The molecule has 0 aliphatic carbocycles. The van der Waals surface area contributed by atoms with E-state index >= 15 is 0 Å². The lowest BCUT2D eigenvalue weighted by Crippen LogP contribution is -2.45. The number of rotatable bonds is 7. The minimum atomic E-state index is -4.73. The number of piperidine rings is 1. The summed E-state index contributed by atoms with van der Waals surface area (Å²) < 4.78 is 90.5. The molecule has 0 spiro atoms. The first-order valence-electron chi connectivity index (χ1n) is 15.3. The van der Waals surface area contributed by atoms with Gasteiger partial charge in [-0.25, -0.2) is 17.8 Å². The normalized spacial score (nSPS) is 18.8. The number of fused-ring (bicyclic) bond motifs is 4. The molecular weight excluding hydrogens is 642 g/mol. The smallest absolute Gasteiger partial charge is 0.452 e. The largest absolute Gasteiger partial charge is 0.466 e. The van der Waals surface area contributed by atoms with Crippen LogP contribution in [0.4, 0.5) is 23.4 Å². The van der Waals surface area contributed by atoms with Crippen molar-refractivity contribution in [2.24, 2.45) is 0 Å². The number of carbonyl (C=O) groups excluding carboxylic acids is 1. The molecule has 250 valence electrons. The summed E-state index contributed by atoms with van der Waals surface area (Å²) in [5.74, 6) is -3.01. The standard InChI is InChI=1S/C31H33F4N7O4S/c1-4-46-27(43)14-23(22-10-12-42-28(19(22)3)38-39-30(42)31(33,34)35)24-9-8-18(2)25(37-24)17-40-16-21-7-5-6-11-41(21)29-26(47(40,44)45)13-20(32)15-36-29/h8-10,12-13,15,21,23H,4-7,11,14,16-17H2,1-3H3/t21-,23?/m0/s1. The molecule has 0 aromatic carbocycles. The van der Waals surface area contributed by atoms with Crippen molar-refractivity contribution in [3.8, 4) is 0 Å². The Labute approximate surface area is 268 Å². The van der Waals surface area contributed by atoms with E-state index in [-0.39, 0.29) is 48.5 Å². The summed E-state index contributed by atoms with van der Waals surface area (Å²) in [5.41, 5.74) is 2.32. The molecule has 2 atom stereocenters. The Kier molecular flexibility index (Phi) is 8.67. The van der Waals surface area contributed by atoms with Gasteiger partial charge in [-0.1, -0.05) is 6.07 Å². The molecule has 0 radical (unpaired) electrons. The first kappa shape index (κ1) is 32.7. The Morgan fingerprint density at radius 3 is 2.68 bits per heavy atom. The van der Waals surface area contributed by atoms with E-state index in [1.807, 2.05) is 4.90 Å². The quantitative estimate of drug-likeness (QED) is 0.198. The van der Waals surface area contributed by atoms with Gasteiger partial charge >= 0.3 is 12.1 Å². The fourth-order valence-electron chi connectivity index (χ4n) is 6.45. The molecular formula is C31H33F4N7O4S. The van der Waals surface area contributed by atoms with E-state index < -0.39 is 39.7 Å². The molecule has 16 heteroatoms. The number of hydrogen-bond acceptors (Lipinski definition) is 9. The summed E-state index contributed by atoms with van der Waals surface area (Å²) in [4.78, 5) is 23.6. The van der Waals surface area contributed by atoms with Gasteiger partial charge in [-0.15, -0.1) is 10.2 Å². The number of ether oxygens (including phenoxy) is 1. The van der Waals surface area contributed by atoms with E-state index in [0.29, 0.717) is 34.6 Å². The molecule has 4 aromatic heterocycles. The molecule has 4 aromatic rings. The van der Waals surface area contributed by atoms with Crippen LogP contribution in [0.25, 0.3) is 5.65 Å². The molecule has 6 heterocycles. The highest BCUT2D eigenvalue weighted by Crippen LogP contribution is 2.37. The highest BCUT2D eigenvalue weighted by molar-refractivity contribution is 7.89. The van der Waals surface area contributed by atoms with Crippen molar-refractivity contribution >= 4 is 27.5 Å². The van der Waals surface area contributed by atoms with Crippen molar-refractivity contribution in [2.75, 3.05) is 24.6 Å². The number of esters is 1. The lowest BCUT2D eigenvalue weighted by Gasteiger charge is -2.36. The van der Waals surface area contributed by atoms with Crippen molar-refractivity contribution in [3.05, 3.63) is 76.4 Å². The predicted molar refractivity (Wildman–Crippen MR) is 162 cm³/mol. The van der Waals surface area contributed by atoms with Gasteiger partial charge in [-0.3, -0.25) is 14.2 Å². The van der Waals surface area contributed by atoms with Crippen LogP contribution in [0.15, 0.2) is 41.6 Å². The maximum absolute atomic E-state index is 14.4. The van der Waals surface area contributed by atoms with Crippen molar-refractivity contribution < 1.29 is 35.5 Å². The van der Waals surface area contributed by atoms with E-state index in [1.54, 1.807) is 32.9 Å². The summed E-state index contributed by atoms with van der Waals surface area (Å²) in [7, 11) is -4.20. The zero-order chi connectivity index (χ0) is 33.7. The maximum atomic E-state index is 14.4. The third-order valence-corrected chi connectivity index (χ3v) is 10.6. The second kappa shape index (κ2) is 12.4. The number of hydrogen-bond donors (Lipinski definition) is 0. The van der Waals surface area contributed by atoms with Crippen LogP contribution in [0.2, 0.25) is 0 Å². The van der Waals surface area contributed by atoms with E-state index in [9.17, 15) is 30.8 Å². The van der Waals surface area contributed by atoms with Gasteiger partial charge in [-0.05, 0) is 74.9 Å². The molecule has 47 heavy (non-hydrogen) atoms. The molecule has 6 rings (SSSR count). The predicted octanol–water partition coefficient (Wildman–Crippen LogP) is 4.94.